The van der Waals surface area contributed by atoms with Crippen molar-refractivity contribution in [3.63, 3.8) is 0 Å². The van der Waals surface area contributed by atoms with Crippen molar-refractivity contribution >= 4 is 10.9 Å². The summed E-state index contributed by atoms with van der Waals surface area (Å²) in [5.74, 6) is 0.622. The van der Waals surface area contributed by atoms with E-state index in [2.05, 4.69) is 13.0 Å². The molecule has 3 rings (SSSR count). The number of para-hydroxylation sites is 1. The summed E-state index contributed by atoms with van der Waals surface area (Å²) in [6.45, 7) is 2.99. The van der Waals surface area contributed by atoms with Crippen LogP contribution in [0.25, 0.3) is 22.2 Å². The number of fused-ring (bicyclic) bond motifs is 1. The lowest BCUT2D eigenvalue weighted by molar-refractivity contribution is 0.307. The zero-order valence-electron chi connectivity index (χ0n) is 20.3. The van der Waals surface area contributed by atoms with Crippen LogP contribution in [0.15, 0.2) is 54.6 Å². The highest BCUT2D eigenvalue weighted by Gasteiger charge is 2.09. The topological polar surface area (TPSA) is 22.1 Å². The van der Waals surface area contributed by atoms with Crippen molar-refractivity contribution in [1.82, 2.24) is 4.98 Å². The van der Waals surface area contributed by atoms with Crippen LogP contribution in [0, 0.1) is 5.82 Å². The molecule has 1 heterocycles. The molecular weight excluding hydrogens is 409 g/mol. The van der Waals surface area contributed by atoms with Gasteiger partial charge in [0.25, 0.3) is 0 Å². The summed E-state index contributed by atoms with van der Waals surface area (Å²) in [5, 5.41) is 1.03. The molecule has 0 saturated carbocycles. The Morgan fingerprint density at radius 2 is 1.27 bits per heavy atom. The second-order valence-corrected chi connectivity index (χ2v) is 9.12. The van der Waals surface area contributed by atoms with Gasteiger partial charge in [-0.2, -0.15) is 0 Å². The van der Waals surface area contributed by atoms with Crippen molar-refractivity contribution in [2.24, 2.45) is 0 Å². The normalized spacial score (nSPS) is 11.2. The van der Waals surface area contributed by atoms with Crippen LogP contribution in [0.1, 0.15) is 90.4 Å². The first-order valence-corrected chi connectivity index (χ1v) is 13.1. The van der Waals surface area contributed by atoms with Gasteiger partial charge in [-0.25, -0.2) is 9.37 Å². The van der Waals surface area contributed by atoms with Gasteiger partial charge >= 0.3 is 0 Å². The molecule has 0 N–H and O–H groups in total. The molecule has 0 bridgehead atoms. The molecular formula is C30H40FNO. The molecule has 3 heteroatoms. The number of ether oxygens (including phenoxy) is 1. The van der Waals surface area contributed by atoms with Crippen molar-refractivity contribution in [3.05, 3.63) is 60.4 Å². The molecule has 3 aromatic rings. The van der Waals surface area contributed by atoms with Crippen LogP contribution in [0.4, 0.5) is 4.39 Å². The third-order valence-electron chi connectivity index (χ3n) is 6.32. The molecule has 0 unspecified atom stereocenters. The molecule has 2 nitrogen and oxygen atoms in total. The molecule has 0 aliphatic rings. The second-order valence-electron chi connectivity index (χ2n) is 9.12. The van der Waals surface area contributed by atoms with Gasteiger partial charge in [0, 0.05) is 17.0 Å². The van der Waals surface area contributed by atoms with Crippen molar-refractivity contribution < 1.29 is 9.13 Å². The van der Waals surface area contributed by atoms with E-state index < -0.39 is 0 Å². The standard InChI is InChI=1S/C30H40FNO/c1-2-3-4-5-6-7-8-9-10-11-12-13-16-23-33-30-24-29(25-19-21-26(31)22-20-25)32-28-18-15-14-17-27(28)30/h14-15,17-22,24H,2-13,16,23H2,1H3. The lowest BCUT2D eigenvalue weighted by atomic mass is 10.0. The fourth-order valence-corrected chi connectivity index (χ4v) is 4.33. The van der Waals surface area contributed by atoms with Gasteiger partial charge in [-0.05, 0) is 42.8 Å². The van der Waals surface area contributed by atoms with E-state index in [0.29, 0.717) is 6.61 Å². The van der Waals surface area contributed by atoms with Crippen molar-refractivity contribution in [2.75, 3.05) is 6.61 Å². The summed E-state index contributed by atoms with van der Waals surface area (Å²) in [6, 6.07) is 16.5. The van der Waals surface area contributed by atoms with Crippen LogP contribution in [0.2, 0.25) is 0 Å². The van der Waals surface area contributed by atoms with E-state index in [1.165, 1.54) is 89.2 Å². The number of nitrogens with zero attached hydrogens (tertiary/aromatic N) is 1. The highest BCUT2D eigenvalue weighted by Crippen LogP contribution is 2.30. The fraction of sp³-hybridized carbons (Fsp3) is 0.500. The van der Waals surface area contributed by atoms with Gasteiger partial charge in [0.2, 0.25) is 0 Å². The molecule has 0 saturated heterocycles. The molecule has 33 heavy (non-hydrogen) atoms. The number of benzene rings is 2. The number of hydrogen-bond acceptors (Lipinski definition) is 2. The van der Waals surface area contributed by atoms with Crippen LogP contribution >= 0.6 is 0 Å². The maximum Gasteiger partial charge on any atom is 0.130 e. The van der Waals surface area contributed by atoms with Crippen LogP contribution in [-0.2, 0) is 0 Å². The van der Waals surface area contributed by atoms with Gasteiger partial charge in [-0.3, -0.25) is 0 Å². The van der Waals surface area contributed by atoms with E-state index in [4.69, 9.17) is 9.72 Å². The van der Waals surface area contributed by atoms with Crippen LogP contribution in [0.5, 0.6) is 5.75 Å². The van der Waals surface area contributed by atoms with Gasteiger partial charge in [-0.1, -0.05) is 96.1 Å². The van der Waals surface area contributed by atoms with E-state index >= 15 is 0 Å². The van der Waals surface area contributed by atoms with Gasteiger partial charge in [0.1, 0.15) is 11.6 Å². The quantitative estimate of drug-likeness (QED) is 0.203. The maximum absolute atomic E-state index is 13.3. The molecule has 0 aliphatic carbocycles. The largest absolute Gasteiger partial charge is 0.493 e. The number of hydrogen-bond donors (Lipinski definition) is 0. The first kappa shape index (κ1) is 25.2. The molecule has 0 radical (unpaired) electrons. The predicted octanol–water partition coefficient (Wildman–Crippen LogP) is 9.51. The smallest absolute Gasteiger partial charge is 0.130 e. The Kier molecular flexibility index (Phi) is 11.2. The first-order valence-electron chi connectivity index (χ1n) is 13.1. The lowest BCUT2D eigenvalue weighted by Crippen LogP contribution is -1.99. The van der Waals surface area contributed by atoms with Gasteiger partial charge in [0.05, 0.1) is 17.8 Å². The minimum absolute atomic E-state index is 0.238. The Morgan fingerprint density at radius 1 is 0.697 bits per heavy atom. The van der Waals surface area contributed by atoms with E-state index in [1.807, 2.05) is 24.3 Å². The molecule has 0 amide bonds. The Bertz CT molecular complexity index is 938. The number of aromatic nitrogens is 1. The summed E-state index contributed by atoms with van der Waals surface area (Å²) in [4.78, 5) is 4.75. The van der Waals surface area contributed by atoms with Crippen molar-refractivity contribution in [3.8, 4) is 17.0 Å². The van der Waals surface area contributed by atoms with Crippen LogP contribution in [0.3, 0.4) is 0 Å². The SMILES string of the molecule is CCCCCCCCCCCCCCCOc1cc(-c2ccc(F)cc2)nc2ccccc12. The van der Waals surface area contributed by atoms with Crippen LogP contribution in [-0.4, -0.2) is 11.6 Å². The molecule has 0 fully saturated rings. The van der Waals surface area contributed by atoms with Crippen molar-refractivity contribution in [1.29, 1.82) is 0 Å². The summed E-state index contributed by atoms with van der Waals surface area (Å²) >= 11 is 0. The molecule has 0 spiro atoms. The van der Waals surface area contributed by atoms with Gasteiger partial charge in [0.15, 0.2) is 0 Å². The minimum atomic E-state index is -0.238. The van der Waals surface area contributed by atoms with E-state index in [9.17, 15) is 4.39 Å². The third kappa shape index (κ3) is 8.79. The summed E-state index contributed by atoms with van der Waals surface area (Å²) < 4.78 is 19.5. The second kappa shape index (κ2) is 14.7. The minimum Gasteiger partial charge on any atom is -0.493 e. The van der Waals surface area contributed by atoms with Gasteiger partial charge < -0.3 is 4.74 Å². The molecule has 1 aromatic heterocycles. The van der Waals surface area contributed by atoms with Gasteiger partial charge in [-0.15, -0.1) is 0 Å². The molecule has 0 atom stereocenters. The van der Waals surface area contributed by atoms with E-state index in [-0.39, 0.29) is 5.82 Å². The predicted molar refractivity (Wildman–Crippen MR) is 138 cm³/mol. The average molecular weight is 450 g/mol. The Labute approximate surface area is 199 Å². The molecule has 178 valence electrons. The molecule has 0 aliphatic heterocycles. The zero-order chi connectivity index (χ0) is 23.1. The maximum atomic E-state index is 13.3. The summed E-state index contributed by atoms with van der Waals surface area (Å²) in [5.41, 5.74) is 2.61. The Balaban J connectivity index is 1.37. The highest BCUT2D eigenvalue weighted by molar-refractivity contribution is 5.87. The monoisotopic (exact) mass is 449 g/mol. The number of rotatable bonds is 16. The number of halogens is 1. The average Bonchev–Trinajstić information content (AvgIpc) is 2.84. The highest BCUT2D eigenvalue weighted by atomic mass is 19.1. The summed E-state index contributed by atoms with van der Waals surface area (Å²) in [7, 11) is 0. The Morgan fingerprint density at radius 3 is 1.91 bits per heavy atom. The Hall–Kier alpha value is -2.42. The first-order chi connectivity index (χ1) is 16.3. The zero-order valence-corrected chi connectivity index (χ0v) is 20.3. The van der Waals surface area contributed by atoms with Crippen LogP contribution < -0.4 is 4.74 Å². The third-order valence-corrected chi connectivity index (χ3v) is 6.32. The lowest BCUT2D eigenvalue weighted by Gasteiger charge is -2.12. The van der Waals surface area contributed by atoms with E-state index in [1.54, 1.807) is 12.1 Å². The number of unbranched alkanes of at least 4 members (excludes halogenated alkanes) is 12. The molecule has 2 aromatic carbocycles. The number of pyridine rings is 1. The fourth-order valence-electron chi connectivity index (χ4n) is 4.33. The summed E-state index contributed by atoms with van der Waals surface area (Å²) in [6.07, 6.45) is 17.5. The van der Waals surface area contributed by atoms with E-state index in [0.717, 1.165) is 34.3 Å². The van der Waals surface area contributed by atoms with Crippen molar-refractivity contribution in [2.45, 2.75) is 90.4 Å².